The van der Waals surface area contributed by atoms with Crippen LogP contribution in [0.1, 0.15) is 0 Å². The van der Waals surface area contributed by atoms with Crippen LogP contribution in [-0.4, -0.2) is 32.9 Å². The Balaban J connectivity index is 3.24. The molecule has 2 nitrogen and oxygen atoms in total. The molecule has 1 aromatic heterocycles. The van der Waals surface area contributed by atoms with Crippen LogP contribution in [-0.2, 0) is 0 Å². The zero-order chi connectivity index (χ0) is 17.0. The summed E-state index contributed by atoms with van der Waals surface area (Å²) in [5.41, 5.74) is 0. The third-order valence-corrected chi connectivity index (χ3v) is 38.6. The van der Waals surface area contributed by atoms with Gasteiger partial charge in [-0.2, -0.15) is 0 Å². The second kappa shape index (κ2) is 6.16. The first-order valence-corrected chi connectivity index (χ1v) is 27.0. The summed E-state index contributed by atoms with van der Waals surface area (Å²) in [6.07, 6.45) is 0. The predicted octanol–water partition coefficient (Wildman–Crippen LogP) is 6.94. The number of rotatable bonds is 6. The molecule has 0 radical (unpaired) electrons. The van der Waals surface area contributed by atoms with E-state index >= 15 is 0 Å². The van der Waals surface area contributed by atoms with Crippen molar-refractivity contribution in [1.82, 2.24) is 0 Å². The number of nitrogens with zero attached hydrogens (tertiary/aromatic N) is 2. The monoisotopic (exact) mass is 414 g/mol. The molecule has 0 saturated carbocycles. The minimum absolute atomic E-state index is 0.112. The molecule has 126 valence electrons. The molecule has 0 N–H and O–H groups in total. The van der Waals surface area contributed by atoms with Crippen LogP contribution in [0.3, 0.4) is 0 Å². The van der Waals surface area contributed by atoms with Gasteiger partial charge in [0.2, 0.25) is 0 Å². The first kappa shape index (κ1) is 20.7. The predicted molar refractivity (Wildman–Crippen MR) is 120 cm³/mol. The first-order chi connectivity index (χ1) is 8.97. The average molecular weight is 415 g/mol. The van der Waals surface area contributed by atoms with Crippen LogP contribution in [0.2, 0.25) is 78.6 Å². The molecule has 21 heavy (non-hydrogen) atoms. The van der Waals surface area contributed by atoms with E-state index < -0.39 is 32.9 Å². The van der Waals surface area contributed by atoms with Crippen LogP contribution < -0.4 is 8.00 Å². The molecule has 0 aromatic carbocycles. The summed E-state index contributed by atoms with van der Waals surface area (Å²) in [5, 5.41) is 0. The Morgan fingerprint density at radius 1 is 0.476 bits per heavy atom. The van der Waals surface area contributed by atoms with Crippen molar-refractivity contribution in [1.29, 1.82) is 0 Å². The van der Waals surface area contributed by atoms with E-state index in [0.717, 1.165) is 0 Å². The van der Waals surface area contributed by atoms with Crippen molar-refractivity contribution in [3.8, 4) is 0 Å². The van der Waals surface area contributed by atoms with Gasteiger partial charge in [-0.3, -0.25) is 8.00 Å². The fourth-order valence-corrected chi connectivity index (χ4v) is 62.9. The van der Waals surface area contributed by atoms with Crippen LogP contribution in [0.15, 0.2) is 0 Å². The third-order valence-electron chi connectivity index (χ3n) is 3.15. The zero-order valence-corrected chi connectivity index (χ0v) is 22.8. The van der Waals surface area contributed by atoms with Crippen molar-refractivity contribution in [2.24, 2.45) is 0 Å². The van der Waals surface area contributed by atoms with Gasteiger partial charge in [0.05, 0.1) is 0 Å². The average Bonchev–Trinajstić information content (AvgIpc) is 2.71. The highest BCUT2D eigenvalue weighted by atomic mass is 33.1. The lowest BCUT2D eigenvalue weighted by atomic mass is 11.8. The summed E-state index contributed by atoms with van der Waals surface area (Å²) in [4.78, 5) is 0. The van der Waals surface area contributed by atoms with Gasteiger partial charge in [-0.1, -0.05) is 89.1 Å². The van der Waals surface area contributed by atoms with Gasteiger partial charge in [-0.05, 0) is 0 Å². The molecule has 0 bridgehead atoms. The molecule has 1 aromatic rings. The Hall–Kier alpha value is 1.61. The van der Waals surface area contributed by atoms with Gasteiger partial charge >= 0.3 is 0 Å². The molecule has 0 aliphatic rings. The maximum atomic E-state index is 3.11. The molecule has 9 heteroatoms. The molecular weight excluding hydrogens is 379 g/mol. The summed E-state index contributed by atoms with van der Waals surface area (Å²) in [6.45, 7) is 31.0. The maximum Gasteiger partial charge on any atom is 0.121 e. The van der Waals surface area contributed by atoms with Gasteiger partial charge in [0, 0.05) is 13.1 Å². The molecule has 1 heterocycles. The maximum absolute atomic E-state index is 3.11. The Kier molecular flexibility index (Phi) is 6.05. The SMILES string of the molecule is C[Si](C)(C)N(p1sp1N([Si](C)(C)C)[Si](C)(C)C)[Si](C)(C)C. The fourth-order valence-electron chi connectivity index (χ4n) is 3.31. The van der Waals surface area contributed by atoms with Crippen LogP contribution in [0.4, 0.5) is 0 Å². The fraction of sp³-hybridized carbons (Fsp3) is 1.00. The van der Waals surface area contributed by atoms with Crippen LogP contribution in [0, 0.1) is 0 Å². The van der Waals surface area contributed by atoms with E-state index in [-0.39, 0.29) is 13.1 Å². The normalized spacial score (nSPS) is 17.2. The quantitative estimate of drug-likeness (QED) is 0.465. The Labute approximate surface area is 142 Å². The van der Waals surface area contributed by atoms with Crippen molar-refractivity contribution in [3.63, 3.8) is 0 Å². The van der Waals surface area contributed by atoms with E-state index in [1.54, 1.807) is 0 Å². The van der Waals surface area contributed by atoms with Crippen LogP contribution >= 0.6 is 23.6 Å². The van der Waals surface area contributed by atoms with Gasteiger partial charge in [-0.15, -0.1) is 0 Å². The van der Waals surface area contributed by atoms with Crippen LogP contribution in [0.25, 0.3) is 0 Å². The van der Waals surface area contributed by atoms with E-state index in [0.29, 0.717) is 0 Å². The van der Waals surface area contributed by atoms with E-state index in [1.165, 1.54) is 0 Å². The minimum Gasteiger partial charge on any atom is -0.291 e. The lowest BCUT2D eigenvalue weighted by Crippen LogP contribution is -2.59. The summed E-state index contributed by atoms with van der Waals surface area (Å²) in [5.74, 6) is 0. The van der Waals surface area contributed by atoms with Crippen molar-refractivity contribution in [2.75, 3.05) is 8.00 Å². The zero-order valence-electron chi connectivity index (χ0n) is 16.2. The van der Waals surface area contributed by atoms with E-state index in [9.17, 15) is 0 Å². The molecule has 2 unspecified atom stereocenters. The molecule has 1 rings (SSSR count). The number of hydrogen-bond donors (Lipinski definition) is 0. The topological polar surface area (TPSA) is 6.48 Å². The van der Waals surface area contributed by atoms with Gasteiger partial charge in [-0.25, -0.2) is 0 Å². The Morgan fingerprint density at radius 2 is 0.667 bits per heavy atom. The lowest BCUT2D eigenvalue weighted by Gasteiger charge is -2.43. The smallest absolute Gasteiger partial charge is 0.121 e. The van der Waals surface area contributed by atoms with Gasteiger partial charge in [0.25, 0.3) is 0 Å². The Bertz CT molecular complexity index is 399. The second-order valence-corrected chi connectivity index (χ2v) is 41.4. The van der Waals surface area contributed by atoms with Crippen molar-refractivity contribution in [3.05, 3.63) is 0 Å². The van der Waals surface area contributed by atoms with E-state index in [1.807, 2.05) is 0 Å². The Morgan fingerprint density at radius 3 is 0.810 bits per heavy atom. The first-order valence-electron chi connectivity index (χ1n) is 7.86. The van der Waals surface area contributed by atoms with Gasteiger partial charge in [0.15, 0.2) is 0 Å². The second-order valence-electron chi connectivity index (χ2n) is 9.89. The minimum atomic E-state index is -1.21. The van der Waals surface area contributed by atoms with Crippen molar-refractivity contribution >= 4 is 56.6 Å². The highest BCUT2D eigenvalue weighted by Gasteiger charge is 2.46. The molecule has 0 aliphatic carbocycles. The highest BCUT2D eigenvalue weighted by molar-refractivity contribution is 8.63. The van der Waals surface area contributed by atoms with Crippen molar-refractivity contribution in [2.45, 2.75) is 78.6 Å². The summed E-state index contributed by atoms with van der Waals surface area (Å²) in [6, 6.07) is 0. The standard InChI is InChI=1S/C12H36N2P2SSi4/c1-18(2,3)13(19(4,5)6)15-16(17-15)14(20(7,8)9)21(10,11)12/h1-12H3. The molecule has 0 aliphatic heterocycles. The van der Waals surface area contributed by atoms with Crippen LogP contribution in [0.5, 0.6) is 0 Å². The van der Waals surface area contributed by atoms with Gasteiger partial charge in [0.1, 0.15) is 32.9 Å². The van der Waals surface area contributed by atoms with E-state index in [4.69, 9.17) is 0 Å². The summed E-state index contributed by atoms with van der Waals surface area (Å²) >= 11 is 0. The molecule has 0 amide bonds. The molecular formula is C12H36N2P2SSi4. The largest absolute Gasteiger partial charge is 0.291 e. The molecule has 2 atom stereocenters. The van der Waals surface area contributed by atoms with Gasteiger partial charge < -0.3 is 0 Å². The summed E-state index contributed by atoms with van der Waals surface area (Å²) in [7, 11) is -2.44. The molecule has 0 saturated heterocycles. The van der Waals surface area contributed by atoms with E-state index in [2.05, 4.69) is 97.1 Å². The number of hydrogen-bond acceptors (Lipinski definition) is 3. The third kappa shape index (κ3) is 5.30. The van der Waals surface area contributed by atoms with Crippen molar-refractivity contribution < 1.29 is 0 Å². The highest BCUT2D eigenvalue weighted by Crippen LogP contribution is 2.77. The summed E-state index contributed by atoms with van der Waals surface area (Å²) < 4.78 is 6.22. The lowest BCUT2D eigenvalue weighted by molar-refractivity contribution is 1.49. The molecule has 0 spiro atoms. The molecule has 0 fully saturated rings.